The third-order valence-corrected chi connectivity index (χ3v) is 2.31. The van der Waals surface area contributed by atoms with Crippen LogP contribution in [0.2, 0.25) is 0 Å². The molecular weight excluding hydrogens is 238 g/mol. The summed E-state index contributed by atoms with van der Waals surface area (Å²) < 4.78 is 37.2. The maximum atomic E-state index is 12.4. The second-order valence-electron chi connectivity index (χ2n) is 2.56. The molecule has 0 fully saturated rings. The van der Waals surface area contributed by atoms with Crippen molar-refractivity contribution in [2.75, 3.05) is 0 Å². The van der Waals surface area contributed by atoms with Crippen LogP contribution in [0.15, 0.2) is 24.3 Å². The van der Waals surface area contributed by atoms with Gasteiger partial charge in [-0.1, -0.05) is 29.8 Å². The Balaban J connectivity index is 3.16. The van der Waals surface area contributed by atoms with E-state index in [2.05, 4.69) is 0 Å². The van der Waals surface area contributed by atoms with Crippen LogP contribution in [0, 0.1) is 0 Å². The molecule has 0 saturated heterocycles. The van der Waals surface area contributed by atoms with Crippen LogP contribution in [-0.2, 0) is 6.18 Å². The summed E-state index contributed by atoms with van der Waals surface area (Å²) in [6.45, 7) is 0. The van der Waals surface area contributed by atoms with Gasteiger partial charge >= 0.3 is 6.18 Å². The highest BCUT2D eigenvalue weighted by Crippen LogP contribution is 2.35. The molecule has 0 aliphatic heterocycles. The lowest BCUT2D eigenvalue weighted by atomic mass is 10.1. The lowest BCUT2D eigenvalue weighted by Crippen LogP contribution is -2.14. The van der Waals surface area contributed by atoms with Crippen LogP contribution in [0.5, 0.6) is 0 Å². The monoisotopic (exact) mass is 243 g/mol. The summed E-state index contributed by atoms with van der Waals surface area (Å²) in [7, 11) is 0. The van der Waals surface area contributed by atoms with E-state index in [-0.39, 0.29) is 5.56 Å². The van der Waals surface area contributed by atoms with E-state index in [1.54, 1.807) is 0 Å². The molecule has 1 aromatic carbocycles. The zero-order chi connectivity index (χ0) is 10.8. The molecule has 0 amide bonds. The van der Waals surface area contributed by atoms with E-state index < -0.39 is 17.2 Å². The number of nitrogens with one attached hydrogen (secondary N) is 1. The van der Waals surface area contributed by atoms with Crippen LogP contribution < -0.4 is 4.84 Å². The molecule has 14 heavy (non-hydrogen) atoms. The molecule has 0 aliphatic rings. The first-order valence-electron chi connectivity index (χ1n) is 3.63. The molecular formula is C8H6Cl2F3N. The van der Waals surface area contributed by atoms with Crippen LogP contribution in [0.1, 0.15) is 16.6 Å². The van der Waals surface area contributed by atoms with E-state index >= 15 is 0 Å². The molecule has 1 aromatic rings. The molecule has 1 unspecified atom stereocenters. The van der Waals surface area contributed by atoms with Gasteiger partial charge in [0.05, 0.1) is 5.56 Å². The minimum atomic E-state index is -4.42. The van der Waals surface area contributed by atoms with E-state index in [1.165, 1.54) is 18.2 Å². The van der Waals surface area contributed by atoms with Crippen molar-refractivity contribution < 1.29 is 13.2 Å². The molecule has 1 N–H and O–H groups in total. The number of halogens is 5. The average molecular weight is 244 g/mol. The average Bonchev–Trinajstić information content (AvgIpc) is 2.15. The zero-order valence-corrected chi connectivity index (χ0v) is 8.29. The standard InChI is InChI=1S/C8H6Cl2F3N/c9-7(14-10)5-3-1-2-4-6(5)8(11,12)13/h1-4,7,14H. The highest BCUT2D eigenvalue weighted by atomic mass is 35.5. The molecule has 1 atom stereocenters. The van der Waals surface area contributed by atoms with Crippen LogP contribution >= 0.6 is 23.4 Å². The SMILES string of the molecule is FC(F)(F)c1ccccc1C(Cl)NCl. The number of alkyl halides is 4. The summed E-state index contributed by atoms with van der Waals surface area (Å²) in [4.78, 5) is 2.03. The van der Waals surface area contributed by atoms with E-state index in [9.17, 15) is 13.2 Å². The van der Waals surface area contributed by atoms with Crippen molar-refractivity contribution in [2.45, 2.75) is 11.7 Å². The summed E-state index contributed by atoms with van der Waals surface area (Å²) in [5.41, 5.74) is -1.93. The normalized spacial score (nSPS) is 14.1. The van der Waals surface area contributed by atoms with E-state index in [4.69, 9.17) is 23.4 Å². The Bertz CT molecular complexity index is 314. The first kappa shape index (κ1) is 11.6. The van der Waals surface area contributed by atoms with Gasteiger partial charge in [-0.15, -0.1) is 0 Å². The van der Waals surface area contributed by atoms with Gasteiger partial charge in [0.15, 0.2) is 0 Å². The Morgan fingerprint density at radius 2 is 1.79 bits per heavy atom. The largest absolute Gasteiger partial charge is 0.416 e. The fraction of sp³-hybridized carbons (Fsp3) is 0.250. The molecule has 6 heteroatoms. The Morgan fingerprint density at radius 3 is 2.29 bits per heavy atom. The molecule has 0 aliphatic carbocycles. The summed E-state index contributed by atoms with van der Waals surface area (Å²) in [6, 6.07) is 4.99. The van der Waals surface area contributed by atoms with E-state index in [0.29, 0.717) is 0 Å². The van der Waals surface area contributed by atoms with Gasteiger partial charge in [-0.3, -0.25) is 0 Å². The van der Waals surface area contributed by atoms with Gasteiger partial charge in [0.2, 0.25) is 0 Å². The van der Waals surface area contributed by atoms with Crippen LogP contribution in [0.3, 0.4) is 0 Å². The first-order chi connectivity index (χ1) is 6.46. The summed E-state index contributed by atoms with van der Waals surface area (Å²) in [6.07, 6.45) is -4.42. The van der Waals surface area contributed by atoms with Crippen molar-refractivity contribution in [3.8, 4) is 0 Å². The third kappa shape index (κ3) is 2.53. The van der Waals surface area contributed by atoms with Crippen molar-refractivity contribution in [1.82, 2.24) is 4.84 Å². The molecule has 78 valence electrons. The van der Waals surface area contributed by atoms with Gasteiger partial charge in [0.1, 0.15) is 5.50 Å². The van der Waals surface area contributed by atoms with Gasteiger partial charge in [0.25, 0.3) is 0 Å². The first-order valence-corrected chi connectivity index (χ1v) is 4.44. The molecule has 1 nitrogen and oxygen atoms in total. The Morgan fingerprint density at radius 1 is 1.21 bits per heavy atom. The molecule has 0 aromatic heterocycles. The zero-order valence-electron chi connectivity index (χ0n) is 6.78. The highest BCUT2D eigenvalue weighted by Gasteiger charge is 2.34. The van der Waals surface area contributed by atoms with Crippen molar-refractivity contribution in [3.05, 3.63) is 35.4 Å². The highest BCUT2D eigenvalue weighted by molar-refractivity contribution is 6.25. The molecule has 0 spiro atoms. The van der Waals surface area contributed by atoms with Crippen LogP contribution in [0.25, 0.3) is 0 Å². The van der Waals surface area contributed by atoms with Gasteiger partial charge in [-0.05, 0) is 23.4 Å². The number of rotatable bonds is 2. The lowest BCUT2D eigenvalue weighted by molar-refractivity contribution is -0.138. The Labute approximate surface area is 88.9 Å². The number of hydrogen-bond donors (Lipinski definition) is 1. The molecule has 0 radical (unpaired) electrons. The fourth-order valence-electron chi connectivity index (χ4n) is 1.03. The Kier molecular flexibility index (Phi) is 3.64. The topological polar surface area (TPSA) is 12.0 Å². The number of hydrogen-bond acceptors (Lipinski definition) is 1. The predicted octanol–water partition coefficient (Wildman–Crippen LogP) is 3.69. The van der Waals surface area contributed by atoms with Gasteiger partial charge in [-0.2, -0.15) is 13.2 Å². The second kappa shape index (κ2) is 4.38. The van der Waals surface area contributed by atoms with Gasteiger partial charge < -0.3 is 0 Å². The fourth-order valence-corrected chi connectivity index (χ4v) is 1.34. The van der Waals surface area contributed by atoms with E-state index in [1.807, 2.05) is 4.84 Å². The minimum Gasteiger partial charge on any atom is -0.212 e. The minimum absolute atomic E-state index is 0.0864. The van der Waals surface area contributed by atoms with Crippen molar-refractivity contribution in [3.63, 3.8) is 0 Å². The lowest BCUT2D eigenvalue weighted by Gasteiger charge is -2.14. The predicted molar refractivity (Wildman–Crippen MR) is 49.0 cm³/mol. The molecule has 1 rings (SSSR count). The van der Waals surface area contributed by atoms with Crippen LogP contribution in [0.4, 0.5) is 13.2 Å². The van der Waals surface area contributed by atoms with E-state index in [0.717, 1.165) is 6.07 Å². The quantitative estimate of drug-likeness (QED) is 0.475. The van der Waals surface area contributed by atoms with Crippen molar-refractivity contribution in [1.29, 1.82) is 0 Å². The summed E-state index contributed by atoms with van der Waals surface area (Å²) in [5.74, 6) is 0. The maximum absolute atomic E-state index is 12.4. The second-order valence-corrected chi connectivity index (χ2v) is 3.21. The van der Waals surface area contributed by atoms with Crippen LogP contribution in [-0.4, -0.2) is 0 Å². The smallest absolute Gasteiger partial charge is 0.212 e. The Hall–Kier alpha value is -0.450. The summed E-state index contributed by atoms with van der Waals surface area (Å²) >= 11 is 10.7. The number of benzene rings is 1. The molecule has 0 heterocycles. The van der Waals surface area contributed by atoms with Crippen molar-refractivity contribution in [2.24, 2.45) is 0 Å². The van der Waals surface area contributed by atoms with Gasteiger partial charge in [0, 0.05) is 0 Å². The maximum Gasteiger partial charge on any atom is 0.416 e. The third-order valence-electron chi connectivity index (χ3n) is 1.64. The molecule has 0 saturated carbocycles. The van der Waals surface area contributed by atoms with Gasteiger partial charge in [-0.25, -0.2) is 4.84 Å². The van der Waals surface area contributed by atoms with Crippen molar-refractivity contribution >= 4 is 23.4 Å². The summed E-state index contributed by atoms with van der Waals surface area (Å²) in [5, 5.41) is 0. The molecule has 0 bridgehead atoms.